The molecule has 1 rings (SSSR count). The molecular formula is C16H26N2O2. The van der Waals surface area contributed by atoms with Crippen molar-refractivity contribution in [2.24, 2.45) is 0 Å². The first kappa shape index (κ1) is 16.3. The Labute approximate surface area is 122 Å². The lowest BCUT2D eigenvalue weighted by atomic mass is 10.1. The van der Waals surface area contributed by atoms with E-state index < -0.39 is 6.09 Å². The van der Waals surface area contributed by atoms with Crippen molar-refractivity contribution in [3.63, 3.8) is 0 Å². The van der Waals surface area contributed by atoms with E-state index in [1.807, 2.05) is 19.1 Å². The number of amides is 1. The minimum Gasteiger partial charge on any atom is -0.465 e. The summed E-state index contributed by atoms with van der Waals surface area (Å²) in [5.74, 6) is 0. The summed E-state index contributed by atoms with van der Waals surface area (Å²) in [4.78, 5) is 15.1. The number of benzene rings is 1. The van der Waals surface area contributed by atoms with Crippen molar-refractivity contribution < 1.29 is 9.90 Å². The first-order valence-corrected chi connectivity index (χ1v) is 7.32. The molecule has 0 aromatic heterocycles. The summed E-state index contributed by atoms with van der Waals surface area (Å²) in [6, 6.07) is 3.95. The van der Waals surface area contributed by atoms with Crippen LogP contribution in [0.1, 0.15) is 38.3 Å². The van der Waals surface area contributed by atoms with E-state index in [1.54, 1.807) is 0 Å². The van der Waals surface area contributed by atoms with Crippen LogP contribution in [-0.2, 0) is 0 Å². The number of hydrogen-bond acceptors (Lipinski definition) is 2. The zero-order valence-electron chi connectivity index (χ0n) is 13.2. The number of aryl methyl sites for hydroxylation is 2. The number of carboxylic acid groups (broad SMARTS) is 1. The van der Waals surface area contributed by atoms with Gasteiger partial charge in [-0.2, -0.15) is 0 Å². The number of rotatable bonds is 6. The third kappa shape index (κ3) is 3.44. The highest BCUT2D eigenvalue weighted by Gasteiger charge is 2.17. The van der Waals surface area contributed by atoms with Gasteiger partial charge in [0.25, 0.3) is 0 Å². The summed E-state index contributed by atoms with van der Waals surface area (Å²) >= 11 is 0. The van der Waals surface area contributed by atoms with E-state index in [4.69, 9.17) is 0 Å². The van der Waals surface area contributed by atoms with Gasteiger partial charge < -0.3 is 10.0 Å². The Bertz CT molecular complexity index is 445. The average Bonchev–Trinajstić information content (AvgIpc) is 2.39. The second-order valence-electron chi connectivity index (χ2n) is 5.03. The molecule has 1 aromatic carbocycles. The lowest BCUT2D eigenvalue weighted by Gasteiger charge is -2.27. The van der Waals surface area contributed by atoms with Gasteiger partial charge in [0, 0.05) is 31.0 Å². The summed E-state index contributed by atoms with van der Waals surface area (Å²) in [6.45, 7) is 12.8. The minimum absolute atomic E-state index is 0.527. The second-order valence-corrected chi connectivity index (χ2v) is 5.03. The van der Waals surface area contributed by atoms with Gasteiger partial charge in [-0.15, -0.1) is 0 Å². The van der Waals surface area contributed by atoms with Gasteiger partial charge >= 0.3 is 6.09 Å². The van der Waals surface area contributed by atoms with Crippen LogP contribution >= 0.6 is 0 Å². The molecule has 4 nitrogen and oxygen atoms in total. The third-order valence-electron chi connectivity index (χ3n) is 3.55. The van der Waals surface area contributed by atoms with Crippen LogP contribution < -0.4 is 9.80 Å². The Kier molecular flexibility index (Phi) is 5.86. The van der Waals surface area contributed by atoms with Gasteiger partial charge in [-0.05, 0) is 57.4 Å². The van der Waals surface area contributed by atoms with Crippen molar-refractivity contribution in [1.82, 2.24) is 0 Å². The van der Waals surface area contributed by atoms with Gasteiger partial charge in [0.05, 0.1) is 0 Å². The summed E-state index contributed by atoms with van der Waals surface area (Å²) in [5, 5.41) is 9.33. The fourth-order valence-electron chi connectivity index (χ4n) is 2.69. The van der Waals surface area contributed by atoms with Gasteiger partial charge in [-0.3, -0.25) is 4.90 Å². The van der Waals surface area contributed by atoms with Crippen LogP contribution in [0.2, 0.25) is 0 Å². The van der Waals surface area contributed by atoms with E-state index in [-0.39, 0.29) is 0 Å². The van der Waals surface area contributed by atoms with Crippen LogP contribution in [0.5, 0.6) is 0 Å². The van der Waals surface area contributed by atoms with Crippen LogP contribution in [-0.4, -0.2) is 30.8 Å². The maximum atomic E-state index is 11.4. The maximum absolute atomic E-state index is 11.4. The number of carbonyl (C=O) groups is 1. The topological polar surface area (TPSA) is 43.8 Å². The Balaban J connectivity index is 3.24. The third-order valence-corrected chi connectivity index (χ3v) is 3.55. The Morgan fingerprint density at radius 2 is 1.60 bits per heavy atom. The first-order chi connectivity index (χ1) is 9.46. The van der Waals surface area contributed by atoms with E-state index in [0.717, 1.165) is 36.3 Å². The van der Waals surface area contributed by atoms with Crippen LogP contribution in [0.3, 0.4) is 0 Å². The molecule has 0 radical (unpaired) electrons. The van der Waals surface area contributed by atoms with Crippen molar-refractivity contribution in [1.29, 1.82) is 0 Å². The fourth-order valence-corrected chi connectivity index (χ4v) is 2.69. The molecule has 112 valence electrons. The highest BCUT2D eigenvalue weighted by Crippen LogP contribution is 2.30. The maximum Gasteiger partial charge on any atom is 0.411 e. The number of anilines is 2. The monoisotopic (exact) mass is 278 g/mol. The van der Waals surface area contributed by atoms with E-state index in [2.05, 4.69) is 32.6 Å². The molecule has 0 aliphatic rings. The molecule has 0 aliphatic carbocycles. The predicted molar refractivity (Wildman–Crippen MR) is 85.1 cm³/mol. The molecule has 0 unspecified atom stereocenters. The molecule has 0 bridgehead atoms. The molecule has 0 saturated carbocycles. The van der Waals surface area contributed by atoms with E-state index in [0.29, 0.717) is 6.54 Å². The molecule has 0 spiro atoms. The van der Waals surface area contributed by atoms with Crippen molar-refractivity contribution in [2.45, 2.75) is 41.0 Å². The summed E-state index contributed by atoms with van der Waals surface area (Å²) in [6.07, 6.45) is -0.0800. The van der Waals surface area contributed by atoms with Crippen LogP contribution in [0, 0.1) is 13.8 Å². The molecule has 0 atom stereocenters. The minimum atomic E-state index is -0.888. The second kappa shape index (κ2) is 7.17. The SMILES string of the molecule is CCCN(C(=O)O)c1cc(C)c(N(CC)CC)c(C)c1. The van der Waals surface area contributed by atoms with Gasteiger partial charge in [-0.25, -0.2) is 4.79 Å². The van der Waals surface area contributed by atoms with Crippen LogP contribution in [0.15, 0.2) is 12.1 Å². The zero-order chi connectivity index (χ0) is 15.3. The molecule has 1 N–H and O–H groups in total. The van der Waals surface area contributed by atoms with E-state index in [9.17, 15) is 9.90 Å². The van der Waals surface area contributed by atoms with Crippen LogP contribution in [0.4, 0.5) is 16.2 Å². The highest BCUT2D eigenvalue weighted by atomic mass is 16.4. The van der Waals surface area contributed by atoms with Crippen molar-refractivity contribution in [2.75, 3.05) is 29.4 Å². The molecule has 1 aromatic rings. The standard InChI is InChI=1S/C16H26N2O2/c1-6-9-18(16(19)20)14-10-12(4)15(13(5)11-14)17(7-2)8-3/h10-11H,6-9H2,1-5H3,(H,19,20). The summed E-state index contributed by atoms with van der Waals surface area (Å²) in [7, 11) is 0. The molecule has 0 saturated heterocycles. The van der Waals surface area contributed by atoms with Gasteiger partial charge in [0.2, 0.25) is 0 Å². The van der Waals surface area contributed by atoms with Crippen LogP contribution in [0.25, 0.3) is 0 Å². The number of nitrogens with zero attached hydrogens (tertiary/aromatic N) is 2. The fraction of sp³-hybridized carbons (Fsp3) is 0.562. The quantitative estimate of drug-likeness (QED) is 0.854. The lowest BCUT2D eigenvalue weighted by Crippen LogP contribution is -2.30. The van der Waals surface area contributed by atoms with Gasteiger partial charge in [0.1, 0.15) is 0 Å². The Hall–Kier alpha value is -1.71. The van der Waals surface area contributed by atoms with Gasteiger partial charge in [0.15, 0.2) is 0 Å². The number of hydrogen-bond donors (Lipinski definition) is 1. The molecule has 1 amide bonds. The van der Waals surface area contributed by atoms with E-state index >= 15 is 0 Å². The smallest absolute Gasteiger partial charge is 0.411 e. The molecule has 0 heterocycles. The molecule has 4 heteroatoms. The normalized spacial score (nSPS) is 10.4. The summed E-state index contributed by atoms with van der Waals surface area (Å²) in [5.41, 5.74) is 4.25. The lowest BCUT2D eigenvalue weighted by molar-refractivity contribution is 0.202. The highest BCUT2D eigenvalue weighted by molar-refractivity contribution is 5.87. The first-order valence-electron chi connectivity index (χ1n) is 7.32. The zero-order valence-corrected chi connectivity index (χ0v) is 13.2. The Morgan fingerprint density at radius 3 is 1.95 bits per heavy atom. The summed E-state index contributed by atoms with van der Waals surface area (Å²) < 4.78 is 0. The molecule has 20 heavy (non-hydrogen) atoms. The Morgan fingerprint density at radius 1 is 1.10 bits per heavy atom. The molecule has 0 fully saturated rings. The van der Waals surface area contributed by atoms with Crippen molar-refractivity contribution in [3.05, 3.63) is 23.3 Å². The largest absolute Gasteiger partial charge is 0.465 e. The van der Waals surface area contributed by atoms with E-state index in [1.165, 1.54) is 10.6 Å². The van der Waals surface area contributed by atoms with Crippen molar-refractivity contribution in [3.8, 4) is 0 Å². The predicted octanol–water partition coefficient (Wildman–Crippen LogP) is 4.04. The van der Waals surface area contributed by atoms with Gasteiger partial charge in [-0.1, -0.05) is 6.92 Å². The molecule has 0 aliphatic heterocycles. The molecular weight excluding hydrogens is 252 g/mol. The van der Waals surface area contributed by atoms with Crippen molar-refractivity contribution >= 4 is 17.5 Å². The average molecular weight is 278 g/mol.